The summed E-state index contributed by atoms with van der Waals surface area (Å²) < 4.78 is 17.0. The highest BCUT2D eigenvalue weighted by Gasteiger charge is 2.40. The van der Waals surface area contributed by atoms with Crippen LogP contribution in [0.1, 0.15) is 31.7 Å². The van der Waals surface area contributed by atoms with E-state index in [1.807, 2.05) is 30.3 Å². The first kappa shape index (κ1) is 15.3. The fourth-order valence-electron chi connectivity index (χ4n) is 3.08. The molecule has 1 unspecified atom stereocenters. The maximum Gasteiger partial charge on any atom is 0.410 e. The van der Waals surface area contributed by atoms with Crippen LogP contribution >= 0.6 is 0 Å². The summed E-state index contributed by atoms with van der Waals surface area (Å²) in [7, 11) is 0. The minimum Gasteiger partial charge on any atom is -0.445 e. The monoisotopic (exact) mass is 305 g/mol. The molecule has 1 amide bonds. The molecule has 0 bridgehead atoms. The number of rotatable bonds is 2. The van der Waals surface area contributed by atoms with E-state index in [0.717, 1.165) is 18.4 Å². The van der Waals surface area contributed by atoms with Gasteiger partial charge < -0.3 is 19.1 Å². The van der Waals surface area contributed by atoms with E-state index in [9.17, 15) is 4.79 Å². The van der Waals surface area contributed by atoms with Crippen LogP contribution in [0.4, 0.5) is 4.79 Å². The molecule has 120 valence electrons. The molecule has 2 heterocycles. The zero-order valence-corrected chi connectivity index (χ0v) is 13.0. The Morgan fingerprint density at radius 2 is 2.00 bits per heavy atom. The average Bonchev–Trinajstić information content (AvgIpc) is 2.94. The van der Waals surface area contributed by atoms with Gasteiger partial charge in [0.25, 0.3) is 0 Å². The lowest BCUT2D eigenvalue weighted by molar-refractivity contribution is -0.164. The number of nitrogens with zero attached hydrogens (tertiary/aromatic N) is 1. The summed E-state index contributed by atoms with van der Waals surface area (Å²) in [5.74, 6) is -0.483. The fourth-order valence-corrected chi connectivity index (χ4v) is 3.08. The topological polar surface area (TPSA) is 48.0 Å². The molecular formula is C17H23NO4. The Morgan fingerprint density at radius 3 is 2.73 bits per heavy atom. The molecule has 0 saturated carbocycles. The molecule has 0 aliphatic carbocycles. The molecule has 2 aliphatic heterocycles. The highest BCUT2D eigenvalue weighted by molar-refractivity contribution is 5.68. The first-order valence-electron chi connectivity index (χ1n) is 7.94. The molecule has 0 aromatic heterocycles. The first-order chi connectivity index (χ1) is 10.7. The minimum atomic E-state index is -0.483. The molecule has 1 aromatic rings. The van der Waals surface area contributed by atoms with Gasteiger partial charge in [0.05, 0.1) is 13.2 Å². The summed E-state index contributed by atoms with van der Waals surface area (Å²) in [5, 5.41) is 0. The molecule has 22 heavy (non-hydrogen) atoms. The molecule has 0 radical (unpaired) electrons. The van der Waals surface area contributed by atoms with Crippen LogP contribution < -0.4 is 0 Å². The van der Waals surface area contributed by atoms with Gasteiger partial charge in [-0.3, -0.25) is 0 Å². The number of carbonyl (C=O) groups excluding carboxylic acids is 1. The lowest BCUT2D eigenvalue weighted by Gasteiger charge is -2.26. The van der Waals surface area contributed by atoms with Crippen molar-refractivity contribution in [2.75, 3.05) is 19.8 Å². The molecule has 1 aromatic carbocycles. The second kappa shape index (κ2) is 6.67. The van der Waals surface area contributed by atoms with E-state index in [0.29, 0.717) is 32.8 Å². The van der Waals surface area contributed by atoms with Crippen molar-refractivity contribution in [3.63, 3.8) is 0 Å². The van der Waals surface area contributed by atoms with E-state index < -0.39 is 5.79 Å². The van der Waals surface area contributed by atoms with Gasteiger partial charge >= 0.3 is 6.09 Å². The smallest absolute Gasteiger partial charge is 0.410 e. The second-order valence-corrected chi connectivity index (χ2v) is 5.98. The predicted octanol–water partition coefficient (Wildman–Crippen LogP) is 2.94. The van der Waals surface area contributed by atoms with Crippen molar-refractivity contribution < 1.29 is 19.0 Å². The summed E-state index contributed by atoms with van der Waals surface area (Å²) >= 11 is 0. The highest BCUT2D eigenvalue weighted by atomic mass is 16.7. The normalized spacial score (nSPS) is 24.2. The predicted molar refractivity (Wildman–Crippen MR) is 81.3 cm³/mol. The van der Waals surface area contributed by atoms with Crippen molar-refractivity contribution >= 4 is 6.09 Å². The van der Waals surface area contributed by atoms with E-state index in [4.69, 9.17) is 14.2 Å². The molecule has 2 aliphatic rings. The van der Waals surface area contributed by atoms with Crippen molar-refractivity contribution in [1.29, 1.82) is 0 Å². The number of ether oxygens (including phenoxy) is 3. The molecule has 5 heteroatoms. The Hall–Kier alpha value is -1.59. The highest BCUT2D eigenvalue weighted by Crippen LogP contribution is 2.33. The number of benzene rings is 1. The van der Waals surface area contributed by atoms with Gasteiger partial charge in [-0.25, -0.2) is 4.79 Å². The molecular weight excluding hydrogens is 282 g/mol. The van der Waals surface area contributed by atoms with Gasteiger partial charge in [0.2, 0.25) is 0 Å². The number of amides is 1. The lowest BCUT2D eigenvalue weighted by atomic mass is 10.1. The summed E-state index contributed by atoms with van der Waals surface area (Å²) in [6.45, 7) is 4.26. The van der Waals surface area contributed by atoms with E-state index in [-0.39, 0.29) is 12.1 Å². The maximum absolute atomic E-state index is 12.4. The third-order valence-electron chi connectivity index (χ3n) is 4.46. The van der Waals surface area contributed by atoms with Crippen LogP contribution in [0.2, 0.25) is 0 Å². The third-order valence-corrected chi connectivity index (χ3v) is 4.46. The summed E-state index contributed by atoms with van der Waals surface area (Å²) in [5.41, 5.74) is 0.997. The van der Waals surface area contributed by atoms with Crippen LogP contribution in [0.25, 0.3) is 0 Å². The SMILES string of the molecule is CC1CCC2(CCN1C(=O)OCc1ccccc1)OCCO2. The van der Waals surface area contributed by atoms with Crippen LogP contribution in [-0.2, 0) is 20.8 Å². The van der Waals surface area contributed by atoms with Crippen molar-refractivity contribution in [2.45, 2.75) is 44.6 Å². The quantitative estimate of drug-likeness (QED) is 0.843. The average molecular weight is 305 g/mol. The fraction of sp³-hybridized carbons (Fsp3) is 0.588. The number of hydrogen-bond donors (Lipinski definition) is 0. The Morgan fingerprint density at radius 1 is 1.27 bits per heavy atom. The summed E-state index contributed by atoms with van der Waals surface area (Å²) in [4.78, 5) is 14.2. The lowest BCUT2D eigenvalue weighted by Crippen LogP contribution is -2.39. The van der Waals surface area contributed by atoms with Crippen LogP contribution in [0.3, 0.4) is 0 Å². The van der Waals surface area contributed by atoms with Crippen LogP contribution in [0.15, 0.2) is 30.3 Å². The van der Waals surface area contributed by atoms with Crippen molar-refractivity contribution in [2.24, 2.45) is 0 Å². The standard InChI is InChI=1S/C17H23NO4/c1-14-7-8-17(21-11-12-22-17)9-10-18(14)16(19)20-13-15-5-3-2-4-6-15/h2-6,14H,7-13H2,1H3. The van der Waals surface area contributed by atoms with E-state index >= 15 is 0 Å². The summed E-state index contributed by atoms with van der Waals surface area (Å²) in [6, 6.07) is 9.87. The van der Waals surface area contributed by atoms with E-state index in [1.165, 1.54) is 0 Å². The van der Waals surface area contributed by atoms with Crippen LogP contribution in [0.5, 0.6) is 0 Å². The van der Waals surface area contributed by atoms with Gasteiger partial charge in [-0.2, -0.15) is 0 Å². The van der Waals surface area contributed by atoms with E-state index in [1.54, 1.807) is 4.90 Å². The van der Waals surface area contributed by atoms with Gasteiger partial charge in [-0.1, -0.05) is 30.3 Å². The van der Waals surface area contributed by atoms with Gasteiger partial charge in [-0.05, 0) is 18.9 Å². The molecule has 0 N–H and O–H groups in total. The summed E-state index contributed by atoms with van der Waals surface area (Å²) in [6.07, 6.45) is 2.14. The number of likely N-dealkylation sites (tertiary alicyclic amines) is 1. The largest absolute Gasteiger partial charge is 0.445 e. The second-order valence-electron chi connectivity index (χ2n) is 5.98. The molecule has 1 spiro atoms. The molecule has 1 atom stereocenters. The van der Waals surface area contributed by atoms with Crippen molar-refractivity contribution in [1.82, 2.24) is 4.90 Å². The van der Waals surface area contributed by atoms with Crippen molar-refractivity contribution in [3.05, 3.63) is 35.9 Å². The first-order valence-corrected chi connectivity index (χ1v) is 7.94. The number of hydrogen-bond acceptors (Lipinski definition) is 4. The maximum atomic E-state index is 12.4. The van der Waals surface area contributed by atoms with E-state index in [2.05, 4.69) is 6.92 Å². The number of carbonyl (C=O) groups is 1. The Kier molecular flexibility index (Phi) is 4.64. The molecule has 3 rings (SSSR count). The Bertz CT molecular complexity index is 499. The zero-order chi connectivity index (χ0) is 15.4. The zero-order valence-electron chi connectivity index (χ0n) is 13.0. The Balaban J connectivity index is 1.57. The molecule has 2 saturated heterocycles. The Labute approximate surface area is 131 Å². The van der Waals surface area contributed by atoms with Gasteiger partial charge in [0.1, 0.15) is 6.61 Å². The van der Waals surface area contributed by atoms with Gasteiger partial charge in [0, 0.05) is 25.4 Å². The molecule has 5 nitrogen and oxygen atoms in total. The minimum absolute atomic E-state index is 0.135. The van der Waals surface area contributed by atoms with Crippen LogP contribution in [-0.4, -0.2) is 42.6 Å². The third kappa shape index (κ3) is 3.42. The van der Waals surface area contributed by atoms with Crippen molar-refractivity contribution in [3.8, 4) is 0 Å². The van der Waals surface area contributed by atoms with Crippen LogP contribution in [0, 0.1) is 0 Å². The van der Waals surface area contributed by atoms with Gasteiger partial charge in [-0.15, -0.1) is 0 Å². The van der Waals surface area contributed by atoms with Gasteiger partial charge in [0.15, 0.2) is 5.79 Å². The molecule has 2 fully saturated rings.